The van der Waals surface area contributed by atoms with Crippen molar-refractivity contribution in [3.63, 3.8) is 0 Å². The number of hydrogen-bond acceptors (Lipinski definition) is 4. The molecule has 0 aromatic heterocycles. The maximum atomic E-state index is 11.6. The lowest BCUT2D eigenvalue weighted by atomic mass is 10.0. The van der Waals surface area contributed by atoms with Crippen LogP contribution in [0.2, 0.25) is 0 Å². The highest BCUT2D eigenvalue weighted by molar-refractivity contribution is 7.91. The van der Waals surface area contributed by atoms with Gasteiger partial charge in [-0.25, -0.2) is 8.42 Å². The van der Waals surface area contributed by atoms with Gasteiger partial charge in [-0.15, -0.1) is 0 Å². The number of carbonyl (C=O) groups is 1. The van der Waals surface area contributed by atoms with Crippen molar-refractivity contribution < 1.29 is 13.2 Å². The molecule has 0 aromatic rings. The van der Waals surface area contributed by atoms with Crippen LogP contribution in [0.3, 0.4) is 0 Å². The van der Waals surface area contributed by atoms with Crippen LogP contribution >= 0.6 is 0 Å². The Balaban J connectivity index is 2.34. The fourth-order valence-electron chi connectivity index (χ4n) is 1.68. The minimum absolute atomic E-state index is 0.0641. The lowest BCUT2D eigenvalue weighted by Crippen LogP contribution is -2.40. The Hall–Kier alpha value is -0.620. The molecule has 1 rings (SSSR count). The molecule has 1 amide bonds. The Morgan fingerprint density at radius 3 is 2.56 bits per heavy atom. The third-order valence-corrected chi connectivity index (χ3v) is 4.93. The maximum absolute atomic E-state index is 11.6. The van der Waals surface area contributed by atoms with Gasteiger partial charge >= 0.3 is 0 Å². The molecule has 3 N–H and O–H groups in total. The lowest BCUT2D eigenvalue weighted by Gasteiger charge is -2.16. The van der Waals surface area contributed by atoms with Gasteiger partial charge in [0, 0.05) is 18.5 Å². The zero-order chi connectivity index (χ0) is 12.3. The summed E-state index contributed by atoms with van der Waals surface area (Å²) < 4.78 is 22.4. The molecule has 0 spiro atoms. The third-order valence-electron chi connectivity index (χ3n) is 3.09. The van der Waals surface area contributed by atoms with Crippen molar-refractivity contribution in [1.82, 2.24) is 5.32 Å². The number of carbonyl (C=O) groups excluding carboxylic acids is 1. The van der Waals surface area contributed by atoms with Crippen LogP contribution in [-0.2, 0) is 14.6 Å². The number of hydrogen-bond donors (Lipinski definition) is 2. The van der Waals surface area contributed by atoms with Crippen molar-refractivity contribution in [2.45, 2.75) is 26.3 Å². The zero-order valence-electron chi connectivity index (χ0n) is 9.77. The van der Waals surface area contributed by atoms with Gasteiger partial charge < -0.3 is 11.1 Å². The number of amides is 1. The summed E-state index contributed by atoms with van der Waals surface area (Å²) in [5.41, 5.74) is 5.61. The summed E-state index contributed by atoms with van der Waals surface area (Å²) in [5.74, 6) is 0.169. The van der Waals surface area contributed by atoms with E-state index in [-0.39, 0.29) is 35.3 Å². The molecule has 5 nitrogen and oxygen atoms in total. The Bertz CT molecular complexity index is 351. The Morgan fingerprint density at radius 2 is 2.12 bits per heavy atom. The summed E-state index contributed by atoms with van der Waals surface area (Å²) in [6, 6.07) is -0.188. The van der Waals surface area contributed by atoms with Crippen molar-refractivity contribution >= 4 is 15.7 Å². The van der Waals surface area contributed by atoms with Crippen molar-refractivity contribution in [2.75, 3.05) is 18.1 Å². The Morgan fingerprint density at radius 1 is 1.50 bits per heavy atom. The highest BCUT2D eigenvalue weighted by atomic mass is 32.2. The first-order valence-electron chi connectivity index (χ1n) is 5.55. The molecule has 0 aromatic carbocycles. The van der Waals surface area contributed by atoms with E-state index in [0.29, 0.717) is 13.0 Å². The molecule has 94 valence electrons. The zero-order valence-corrected chi connectivity index (χ0v) is 10.6. The molecule has 0 radical (unpaired) electrons. The predicted molar refractivity (Wildman–Crippen MR) is 62.6 cm³/mol. The average molecular weight is 248 g/mol. The van der Waals surface area contributed by atoms with Crippen molar-refractivity contribution in [3.8, 4) is 0 Å². The first-order valence-corrected chi connectivity index (χ1v) is 7.37. The van der Waals surface area contributed by atoms with E-state index in [1.807, 2.05) is 0 Å². The van der Waals surface area contributed by atoms with Crippen LogP contribution in [0.25, 0.3) is 0 Å². The molecule has 3 unspecified atom stereocenters. The van der Waals surface area contributed by atoms with Gasteiger partial charge in [-0.3, -0.25) is 4.79 Å². The summed E-state index contributed by atoms with van der Waals surface area (Å²) in [4.78, 5) is 11.6. The second kappa shape index (κ2) is 5.14. The van der Waals surface area contributed by atoms with E-state index in [9.17, 15) is 13.2 Å². The summed E-state index contributed by atoms with van der Waals surface area (Å²) in [7, 11) is -2.86. The van der Waals surface area contributed by atoms with Crippen LogP contribution in [0.5, 0.6) is 0 Å². The molecular weight excluding hydrogens is 228 g/mol. The molecule has 0 saturated carbocycles. The fraction of sp³-hybridized carbons (Fsp3) is 0.900. The molecular formula is C10H20N2O3S. The van der Waals surface area contributed by atoms with Crippen LogP contribution in [0.15, 0.2) is 0 Å². The topological polar surface area (TPSA) is 89.3 Å². The van der Waals surface area contributed by atoms with Crippen molar-refractivity contribution in [1.29, 1.82) is 0 Å². The van der Waals surface area contributed by atoms with Gasteiger partial charge in [0.05, 0.1) is 11.5 Å². The van der Waals surface area contributed by atoms with Crippen molar-refractivity contribution in [2.24, 2.45) is 17.6 Å². The predicted octanol–water partition coefficient (Wildman–Crippen LogP) is -0.479. The van der Waals surface area contributed by atoms with Gasteiger partial charge in [0.15, 0.2) is 9.84 Å². The summed E-state index contributed by atoms with van der Waals surface area (Å²) >= 11 is 0. The van der Waals surface area contributed by atoms with Crippen LogP contribution in [0.4, 0.5) is 0 Å². The fourth-order valence-corrected chi connectivity index (χ4v) is 3.54. The summed E-state index contributed by atoms with van der Waals surface area (Å²) in [6.45, 7) is 3.99. The molecule has 16 heavy (non-hydrogen) atoms. The molecule has 1 saturated heterocycles. The number of nitrogens with one attached hydrogen (secondary N) is 1. The van der Waals surface area contributed by atoms with E-state index >= 15 is 0 Å². The molecule has 1 aliphatic heterocycles. The maximum Gasteiger partial charge on any atom is 0.224 e. The normalized spacial score (nSPS) is 27.3. The van der Waals surface area contributed by atoms with E-state index in [0.717, 1.165) is 0 Å². The van der Waals surface area contributed by atoms with Crippen LogP contribution < -0.4 is 11.1 Å². The third kappa shape index (κ3) is 3.75. The largest absolute Gasteiger partial charge is 0.356 e. The first-order chi connectivity index (χ1) is 7.32. The van der Waals surface area contributed by atoms with E-state index in [4.69, 9.17) is 5.73 Å². The monoisotopic (exact) mass is 248 g/mol. The van der Waals surface area contributed by atoms with Crippen LogP contribution in [0, 0.1) is 11.8 Å². The summed E-state index contributed by atoms with van der Waals surface area (Å²) in [5, 5.41) is 2.76. The van der Waals surface area contributed by atoms with Crippen LogP contribution in [-0.4, -0.2) is 38.4 Å². The van der Waals surface area contributed by atoms with Gasteiger partial charge in [0.25, 0.3) is 0 Å². The molecule has 3 atom stereocenters. The minimum atomic E-state index is -2.86. The first kappa shape index (κ1) is 13.4. The molecule has 1 heterocycles. The Labute approximate surface area is 96.7 Å². The molecule has 6 heteroatoms. The SMILES string of the molecule is CC(N)C(C)C(=O)NCC1CCS(=O)(=O)C1. The van der Waals surface area contributed by atoms with Gasteiger partial charge in [0.1, 0.15) is 0 Å². The van der Waals surface area contributed by atoms with E-state index in [1.165, 1.54) is 0 Å². The molecule has 0 bridgehead atoms. The second-order valence-corrected chi connectivity index (χ2v) is 6.89. The van der Waals surface area contributed by atoms with Gasteiger partial charge in [0.2, 0.25) is 5.91 Å². The smallest absolute Gasteiger partial charge is 0.224 e. The van der Waals surface area contributed by atoms with Gasteiger partial charge in [-0.1, -0.05) is 6.92 Å². The minimum Gasteiger partial charge on any atom is -0.356 e. The number of rotatable bonds is 4. The van der Waals surface area contributed by atoms with Gasteiger partial charge in [-0.2, -0.15) is 0 Å². The quantitative estimate of drug-likeness (QED) is 0.703. The van der Waals surface area contributed by atoms with Crippen LogP contribution in [0.1, 0.15) is 20.3 Å². The van der Waals surface area contributed by atoms with Gasteiger partial charge in [-0.05, 0) is 19.3 Å². The average Bonchev–Trinajstić information content (AvgIpc) is 2.53. The molecule has 0 aliphatic carbocycles. The lowest BCUT2D eigenvalue weighted by molar-refractivity contribution is -0.125. The second-order valence-electron chi connectivity index (χ2n) is 4.66. The highest BCUT2D eigenvalue weighted by Crippen LogP contribution is 2.17. The van der Waals surface area contributed by atoms with E-state index in [1.54, 1.807) is 13.8 Å². The summed E-state index contributed by atoms with van der Waals surface area (Å²) in [6.07, 6.45) is 0.648. The Kier molecular flexibility index (Phi) is 4.32. The highest BCUT2D eigenvalue weighted by Gasteiger charge is 2.28. The molecule has 1 fully saturated rings. The number of nitrogens with two attached hydrogens (primary N) is 1. The standard InChI is InChI=1S/C10H20N2O3S/c1-7(8(2)11)10(13)12-5-9-3-4-16(14,15)6-9/h7-9H,3-6,11H2,1-2H3,(H,12,13). The van der Waals surface area contributed by atoms with E-state index in [2.05, 4.69) is 5.32 Å². The molecule has 1 aliphatic rings. The van der Waals surface area contributed by atoms with E-state index < -0.39 is 9.84 Å². The van der Waals surface area contributed by atoms with Crippen molar-refractivity contribution in [3.05, 3.63) is 0 Å². The number of sulfone groups is 1.